The van der Waals surface area contributed by atoms with Crippen LogP contribution < -0.4 is 5.73 Å². The Kier molecular flexibility index (Phi) is 2.24. The Labute approximate surface area is 105 Å². The van der Waals surface area contributed by atoms with Crippen LogP contribution in [-0.4, -0.2) is 5.16 Å². The van der Waals surface area contributed by atoms with E-state index in [9.17, 15) is 4.39 Å². The van der Waals surface area contributed by atoms with Crippen LogP contribution in [0.2, 0.25) is 0 Å². The molecule has 1 aromatic heterocycles. The van der Waals surface area contributed by atoms with Crippen LogP contribution in [-0.2, 0) is 0 Å². The van der Waals surface area contributed by atoms with E-state index >= 15 is 0 Å². The standard InChI is InChI=1S/C14H15FN2O/c1-14(2)7-10(14)12-11(13(16)17-18-12)8-4-3-5-9(15)6-8/h3-6,10H,7H2,1-2H3,(H2,16,17). The summed E-state index contributed by atoms with van der Waals surface area (Å²) in [5.74, 6) is 1.15. The zero-order chi connectivity index (χ0) is 12.9. The number of nitrogens with zero attached hydrogens (tertiary/aromatic N) is 1. The topological polar surface area (TPSA) is 52.0 Å². The molecule has 1 aliphatic rings. The highest BCUT2D eigenvalue weighted by Gasteiger charge is 2.50. The Bertz CT molecular complexity index is 604. The molecule has 0 radical (unpaired) electrons. The minimum Gasteiger partial charge on any atom is -0.380 e. The van der Waals surface area contributed by atoms with Gasteiger partial charge >= 0.3 is 0 Å². The second-order valence-electron chi connectivity index (χ2n) is 5.56. The molecule has 1 heterocycles. The largest absolute Gasteiger partial charge is 0.380 e. The molecule has 2 aromatic rings. The Balaban J connectivity index is 2.09. The fourth-order valence-corrected chi connectivity index (χ4v) is 2.40. The first-order valence-corrected chi connectivity index (χ1v) is 6.00. The van der Waals surface area contributed by atoms with Crippen molar-refractivity contribution in [3.05, 3.63) is 35.8 Å². The van der Waals surface area contributed by atoms with Crippen LogP contribution in [0.25, 0.3) is 11.1 Å². The number of aromatic nitrogens is 1. The second kappa shape index (κ2) is 3.57. The molecule has 1 atom stereocenters. The molecule has 3 nitrogen and oxygen atoms in total. The lowest BCUT2D eigenvalue weighted by atomic mass is 10.0. The summed E-state index contributed by atoms with van der Waals surface area (Å²) in [6.45, 7) is 4.34. The van der Waals surface area contributed by atoms with Crippen molar-refractivity contribution in [2.24, 2.45) is 5.41 Å². The van der Waals surface area contributed by atoms with Crippen LogP contribution in [0.5, 0.6) is 0 Å². The van der Waals surface area contributed by atoms with Gasteiger partial charge in [-0.3, -0.25) is 0 Å². The van der Waals surface area contributed by atoms with E-state index in [0.29, 0.717) is 11.7 Å². The first-order chi connectivity index (χ1) is 8.49. The second-order valence-corrected chi connectivity index (χ2v) is 5.56. The van der Waals surface area contributed by atoms with E-state index in [1.165, 1.54) is 12.1 Å². The molecule has 0 saturated heterocycles. The van der Waals surface area contributed by atoms with Gasteiger partial charge in [-0.1, -0.05) is 31.1 Å². The SMILES string of the molecule is CC1(C)CC1c1onc(N)c1-c1cccc(F)c1. The normalized spacial score (nSPS) is 20.9. The summed E-state index contributed by atoms with van der Waals surface area (Å²) in [7, 11) is 0. The van der Waals surface area contributed by atoms with Crippen molar-refractivity contribution >= 4 is 5.82 Å². The van der Waals surface area contributed by atoms with Gasteiger partial charge in [0, 0.05) is 5.92 Å². The van der Waals surface area contributed by atoms with Crippen molar-refractivity contribution in [3.63, 3.8) is 0 Å². The third kappa shape index (κ3) is 1.68. The molecule has 3 rings (SSSR count). The lowest BCUT2D eigenvalue weighted by molar-refractivity contribution is 0.376. The van der Waals surface area contributed by atoms with Crippen LogP contribution in [0.1, 0.15) is 31.9 Å². The highest BCUT2D eigenvalue weighted by molar-refractivity contribution is 5.76. The van der Waals surface area contributed by atoms with E-state index in [1.54, 1.807) is 6.07 Å². The number of nitrogens with two attached hydrogens (primary N) is 1. The van der Waals surface area contributed by atoms with E-state index in [0.717, 1.165) is 23.3 Å². The van der Waals surface area contributed by atoms with Gasteiger partial charge in [0.2, 0.25) is 0 Å². The van der Waals surface area contributed by atoms with Gasteiger partial charge in [-0.2, -0.15) is 0 Å². The maximum Gasteiger partial charge on any atom is 0.175 e. The zero-order valence-corrected chi connectivity index (χ0v) is 10.4. The lowest BCUT2D eigenvalue weighted by Crippen LogP contribution is -1.93. The molecule has 1 aliphatic carbocycles. The Morgan fingerprint density at radius 3 is 2.78 bits per heavy atom. The summed E-state index contributed by atoms with van der Waals surface area (Å²) >= 11 is 0. The molecule has 1 unspecified atom stereocenters. The molecule has 18 heavy (non-hydrogen) atoms. The van der Waals surface area contributed by atoms with E-state index in [2.05, 4.69) is 19.0 Å². The Morgan fingerprint density at radius 1 is 1.44 bits per heavy atom. The minimum atomic E-state index is -0.283. The average Bonchev–Trinajstić information content (AvgIpc) is 2.77. The highest BCUT2D eigenvalue weighted by atomic mass is 19.1. The van der Waals surface area contributed by atoms with Crippen molar-refractivity contribution < 1.29 is 8.91 Å². The number of rotatable bonds is 2. The smallest absolute Gasteiger partial charge is 0.175 e. The molecule has 4 heteroatoms. The molecular weight excluding hydrogens is 231 g/mol. The third-order valence-electron chi connectivity index (χ3n) is 3.69. The van der Waals surface area contributed by atoms with Gasteiger partial charge in [-0.25, -0.2) is 4.39 Å². The van der Waals surface area contributed by atoms with Gasteiger partial charge < -0.3 is 10.3 Å². The molecule has 1 aromatic carbocycles. The summed E-state index contributed by atoms with van der Waals surface area (Å²) in [4.78, 5) is 0. The zero-order valence-electron chi connectivity index (χ0n) is 10.4. The fraction of sp³-hybridized carbons (Fsp3) is 0.357. The van der Waals surface area contributed by atoms with Gasteiger partial charge in [0.1, 0.15) is 11.6 Å². The number of halogens is 1. The molecule has 0 amide bonds. The summed E-state index contributed by atoms with van der Waals surface area (Å²) in [6, 6.07) is 6.36. The van der Waals surface area contributed by atoms with Gasteiger partial charge in [-0.15, -0.1) is 0 Å². The van der Waals surface area contributed by atoms with Crippen molar-refractivity contribution in [3.8, 4) is 11.1 Å². The number of hydrogen-bond acceptors (Lipinski definition) is 3. The quantitative estimate of drug-likeness (QED) is 0.881. The Morgan fingerprint density at radius 2 is 2.17 bits per heavy atom. The monoisotopic (exact) mass is 246 g/mol. The highest BCUT2D eigenvalue weighted by Crippen LogP contribution is 2.60. The number of hydrogen-bond donors (Lipinski definition) is 1. The van der Waals surface area contributed by atoms with Crippen LogP contribution >= 0.6 is 0 Å². The number of anilines is 1. The summed E-state index contributed by atoms with van der Waals surface area (Å²) < 4.78 is 18.7. The van der Waals surface area contributed by atoms with E-state index in [-0.39, 0.29) is 11.2 Å². The van der Waals surface area contributed by atoms with Crippen molar-refractivity contribution in [1.29, 1.82) is 0 Å². The van der Waals surface area contributed by atoms with Gasteiger partial charge in [-0.05, 0) is 29.5 Å². The maximum atomic E-state index is 13.3. The van der Waals surface area contributed by atoms with Crippen molar-refractivity contribution in [2.75, 3.05) is 5.73 Å². The number of benzene rings is 1. The van der Waals surface area contributed by atoms with Gasteiger partial charge in [0.15, 0.2) is 5.82 Å². The van der Waals surface area contributed by atoms with Crippen LogP contribution in [0.15, 0.2) is 28.8 Å². The average molecular weight is 246 g/mol. The van der Waals surface area contributed by atoms with Gasteiger partial charge in [0.05, 0.1) is 5.56 Å². The lowest BCUT2D eigenvalue weighted by Gasteiger charge is -2.04. The van der Waals surface area contributed by atoms with E-state index < -0.39 is 0 Å². The van der Waals surface area contributed by atoms with Crippen LogP contribution in [0.4, 0.5) is 10.2 Å². The van der Waals surface area contributed by atoms with E-state index in [4.69, 9.17) is 10.3 Å². The third-order valence-corrected chi connectivity index (χ3v) is 3.69. The Hall–Kier alpha value is -1.84. The first kappa shape index (κ1) is 11.3. The number of nitrogen functional groups attached to an aromatic ring is 1. The molecule has 0 aliphatic heterocycles. The molecule has 1 fully saturated rings. The summed E-state index contributed by atoms with van der Waals surface area (Å²) in [5.41, 5.74) is 7.54. The molecule has 1 saturated carbocycles. The predicted molar refractivity (Wildman–Crippen MR) is 67.4 cm³/mol. The molecule has 2 N–H and O–H groups in total. The van der Waals surface area contributed by atoms with Crippen molar-refractivity contribution in [2.45, 2.75) is 26.2 Å². The maximum absolute atomic E-state index is 13.3. The van der Waals surface area contributed by atoms with Crippen LogP contribution in [0.3, 0.4) is 0 Å². The summed E-state index contributed by atoms with van der Waals surface area (Å²) in [5, 5.41) is 3.83. The molecule has 0 spiro atoms. The van der Waals surface area contributed by atoms with Gasteiger partial charge in [0.25, 0.3) is 0 Å². The van der Waals surface area contributed by atoms with Crippen molar-refractivity contribution in [1.82, 2.24) is 5.16 Å². The minimum absolute atomic E-state index is 0.216. The molecule has 94 valence electrons. The van der Waals surface area contributed by atoms with Crippen LogP contribution in [0, 0.1) is 11.2 Å². The van der Waals surface area contributed by atoms with E-state index in [1.807, 2.05) is 6.07 Å². The fourth-order valence-electron chi connectivity index (χ4n) is 2.40. The first-order valence-electron chi connectivity index (χ1n) is 6.00. The summed E-state index contributed by atoms with van der Waals surface area (Å²) in [6.07, 6.45) is 1.05. The molecule has 0 bridgehead atoms. The molecular formula is C14H15FN2O. The predicted octanol–water partition coefficient (Wildman–Crippen LogP) is 3.58.